The van der Waals surface area contributed by atoms with Crippen LogP contribution in [0.3, 0.4) is 0 Å². The Morgan fingerprint density at radius 3 is 2.59 bits per heavy atom. The van der Waals surface area contributed by atoms with Gasteiger partial charge in [0.25, 0.3) is 0 Å². The molecule has 8 heteroatoms. The molecule has 2 aromatic heterocycles. The van der Waals surface area contributed by atoms with Crippen LogP contribution < -0.4 is 21.1 Å². The van der Waals surface area contributed by atoms with E-state index in [1.165, 1.54) is 0 Å². The van der Waals surface area contributed by atoms with Crippen LogP contribution in [0.25, 0.3) is 22.2 Å². The molecule has 5 N–H and O–H groups in total. The van der Waals surface area contributed by atoms with Crippen LogP contribution in [0.2, 0.25) is 0 Å². The van der Waals surface area contributed by atoms with E-state index in [0.717, 1.165) is 45.1 Å². The lowest BCUT2D eigenvalue weighted by Crippen LogP contribution is -2.32. The summed E-state index contributed by atoms with van der Waals surface area (Å²) in [6.45, 7) is 0. The molecule has 0 radical (unpaired) electrons. The van der Waals surface area contributed by atoms with Gasteiger partial charge in [-0.2, -0.15) is 5.10 Å². The molecule has 8 nitrogen and oxygen atoms in total. The van der Waals surface area contributed by atoms with E-state index in [9.17, 15) is 4.79 Å². The summed E-state index contributed by atoms with van der Waals surface area (Å²) < 4.78 is 5.92. The van der Waals surface area contributed by atoms with Crippen molar-refractivity contribution in [2.24, 2.45) is 0 Å². The molecule has 0 aliphatic heterocycles. The molecule has 4 aromatic rings. The predicted molar refractivity (Wildman–Crippen MR) is 132 cm³/mol. The maximum Gasteiger partial charge on any atom is 0.318 e. The standard InChI is InChI=1S/C26H24N6O2/c1-28-26(33)29-18-11-7-16(8-12-18)21-15-22-23(25(27)32-31-22)24(30-21)17-9-13-20(14-10-17)34-19-5-3-2-4-6-19/h2-7,9-16H,8H2,1H3,(H3,27,31,32)(H2,28,29,33). The van der Waals surface area contributed by atoms with E-state index in [1.54, 1.807) is 7.05 Å². The maximum absolute atomic E-state index is 11.6. The van der Waals surface area contributed by atoms with Gasteiger partial charge in [-0.25, -0.2) is 4.79 Å². The number of nitrogens with zero attached hydrogens (tertiary/aromatic N) is 2. The number of urea groups is 1. The molecule has 2 amide bonds. The lowest BCUT2D eigenvalue weighted by atomic mass is 9.94. The van der Waals surface area contributed by atoms with Gasteiger partial charge in [-0.15, -0.1) is 0 Å². The number of nitrogen functional groups attached to an aromatic ring is 1. The zero-order valence-electron chi connectivity index (χ0n) is 18.6. The van der Waals surface area contributed by atoms with Crippen LogP contribution in [0.1, 0.15) is 18.0 Å². The van der Waals surface area contributed by atoms with Crippen molar-refractivity contribution in [1.29, 1.82) is 0 Å². The molecule has 0 fully saturated rings. The van der Waals surface area contributed by atoms with Gasteiger partial charge in [-0.05, 0) is 55.0 Å². The van der Waals surface area contributed by atoms with Crippen molar-refractivity contribution >= 4 is 22.8 Å². The Bertz CT molecular complexity index is 1390. The van der Waals surface area contributed by atoms with Crippen LogP contribution >= 0.6 is 0 Å². The number of hydrogen-bond acceptors (Lipinski definition) is 5. The molecule has 1 unspecified atom stereocenters. The van der Waals surface area contributed by atoms with Crippen molar-refractivity contribution in [3.8, 4) is 22.8 Å². The number of rotatable bonds is 5. The zero-order chi connectivity index (χ0) is 23.5. The van der Waals surface area contributed by atoms with E-state index in [2.05, 4.69) is 20.8 Å². The molecular weight excluding hydrogens is 428 g/mol. The fourth-order valence-electron chi connectivity index (χ4n) is 3.92. The minimum Gasteiger partial charge on any atom is -0.457 e. The Labute approximate surface area is 196 Å². The highest BCUT2D eigenvalue weighted by molar-refractivity contribution is 6.00. The van der Waals surface area contributed by atoms with E-state index in [4.69, 9.17) is 15.5 Å². The number of anilines is 1. The quantitative estimate of drug-likeness (QED) is 0.345. The van der Waals surface area contributed by atoms with Gasteiger partial charge in [-0.1, -0.05) is 30.4 Å². The third-order valence-corrected chi connectivity index (χ3v) is 5.66. The molecular formula is C26H24N6O2. The first-order valence-electron chi connectivity index (χ1n) is 11.0. The highest BCUT2D eigenvalue weighted by Crippen LogP contribution is 2.35. The normalized spacial score (nSPS) is 15.1. The summed E-state index contributed by atoms with van der Waals surface area (Å²) in [6, 6.07) is 19.2. The van der Waals surface area contributed by atoms with Gasteiger partial charge in [0.05, 0.1) is 22.3 Å². The van der Waals surface area contributed by atoms with Gasteiger partial charge in [-0.3, -0.25) is 10.1 Å². The third-order valence-electron chi connectivity index (χ3n) is 5.66. The molecule has 0 saturated heterocycles. The number of carbonyl (C=O) groups excluding carboxylic acids is 1. The fourth-order valence-corrected chi connectivity index (χ4v) is 3.92. The molecule has 34 heavy (non-hydrogen) atoms. The number of amides is 2. The number of aromatic amines is 1. The number of nitrogens with one attached hydrogen (secondary N) is 3. The zero-order valence-corrected chi connectivity index (χ0v) is 18.6. The minimum atomic E-state index is -0.246. The monoisotopic (exact) mass is 452 g/mol. The molecule has 2 aromatic carbocycles. The number of aromatic nitrogens is 3. The Hall–Kier alpha value is -4.59. The SMILES string of the molecule is CNC(=O)NC1=CCC(c2cc3[nH]nc(N)c3c(-c3ccc(Oc4ccccc4)cc3)n2)C=C1. The van der Waals surface area contributed by atoms with E-state index in [-0.39, 0.29) is 11.9 Å². The number of pyridine rings is 1. The molecule has 0 bridgehead atoms. The minimum absolute atomic E-state index is 0.0589. The van der Waals surface area contributed by atoms with Crippen molar-refractivity contribution in [2.45, 2.75) is 12.3 Å². The average molecular weight is 453 g/mol. The number of nitrogens with two attached hydrogens (primary N) is 1. The van der Waals surface area contributed by atoms with Crippen LogP contribution in [0.15, 0.2) is 84.6 Å². The van der Waals surface area contributed by atoms with E-state index in [0.29, 0.717) is 12.2 Å². The number of carbonyl (C=O) groups is 1. The van der Waals surface area contributed by atoms with Gasteiger partial charge in [0.15, 0.2) is 5.82 Å². The number of ether oxygens (including phenoxy) is 1. The van der Waals surface area contributed by atoms with Gasteiger partial charge < -0.3 is 21.1 Å². The first-order chi connectivity index (χ1) is 16.6. The predicted octanol–water partition coefficient (Wildman–Crippen LogP) is 4.86. The van der Waals surface area contributed by atoms with Crippen molar-refractivity contribution < 1.29 is 9.53 Å². The summed E-state index contributed by atoms with van der Waals surface area (Å²) in [5, 5.41) is 13.4. The second-order valence-corrected chi connectivity index (χ2v) is 7.93. The summed E-state index contributed by atoms with van der Waals surface area (Å²) in [5.41, 5.74) is 10.3. The topological polar surface area (TPSA) is 118 Å². The Morgan fingerprint density at radius 1 is 1.12 bits per heavy atom. The number of allylic oxidation sites excluding steroid dienone is 3. The molecule has 1 atom stereocenters. The van der Waals surface area contributed by atoms with Crippen LogP contribution in [-0.4, -0.2) is 28.3 Å². The summed E-state index contributed by atoms with van der Waals surface area (Å²) >= 11 is 0. The molecule has 1 aliphatic rings. The van der Waals surface area contributed by atoms with E-state index >= 15 is 0 Å². The van der Waals surface area contributed by atoms with Crippen molar-refractivity contribution in [2.75, 3.05) is 12.8 Å². The summed E-state index contributed by atoms with van der Waals surface area (Å²) in [7, 11) is 1.59. The van der Waals surface area contributed by atoms with Crippen LogP contribution in [0, 0.1) is 0 Å². The van der Waals surface area contributed by atoms with Crippen molar-refractivity contribution in [3.63, 3.8) is 0 Å². The van der Waals surface area contributed by atoms with Gasteiger partial charge in [0.1, 0.15) is 11.5 Å². The average Bonchev–Trinajstić information content (AvgIpc) is 3.25. The summed E-state index contributed by atoms with van der Waals surface area (Å²) in [6.07, 6.45) is 6.63. The fraction of sp³-hybridized carbons (Fsp3) is 0.115. The smallest absolute Gasteiger partial charge is 0.318 e. The lowest BCUT2D eigenvalue weighted by Gasteiger charge is -2.18. The Balaban J connectivity index is 1.44. The first-order valence-corrected chi connectivity index (χ1v) is 11.0. The summed E-state index contributed by atoms with van der Waals surface area (Å²) in [5.74, 6) is 1.98. The van der Waals surface area contributed by atoms with Gasteiger partial charge in [0, 0.05) is 24.2 Å². The van der Waals surface area contributed by atoms with Crippen molar-refractivity contribution in [3.05, 3.63) is 90.3 Å². The Morgan fingerprint density at radius 2 is 1.88 bits per heavy atom. The van der Waals surface area contributed by atoms with Crippen LogP contribution in [0.5, 0.6) is 11.5 Å². The first kappa shape index (κ1) is 21.3. The number of fused-ring (bicyclic) bond motifs is 1. The molecule has 0 saturated carbocycles. The highest BCUT2D eigenvalue weighted by atomic mass is 16.5. The van der Waals surface area contributed by atoms with E-state index < -0.39 is 0 Å². The highest BCUT2D eigenvalue weighted by Gasteiger charge is 2.19. The molecule has 5 rings (SSSR count). The van der Waals surface area contributed by atoms with Crippen LogP contribution in [-0.2, 0) is 0 Å². The number of para-hydroxylation sites is 1. The number of hydrogen-bond donors (Lipinski definition) is 4. The molecule has 170 valence electrons. The van der Waals surface area contributed by atoms with Gasteiger partial charge >= 0.3 is 6.03 Å². The largest absolute Gasteiger partial charge is 0.457 e. The van der Waals surface area contributed by atoms with Gasteiger partial charge in [0.2, 0.25) is 0 Å². The second kappa shape index (κ2) is 9.11. The molecule has 2 heterocycles. The summed E-state index contributed by atoms with van der Waals surface area (Å²) in [4.78, 5) is 16.5. The number of benzene rings is 2. The van der Waals surface area contributed by atoms with Crippen molar-refractivity contribution in [1.82, 2.24) is 25.8 Å². The Kier molecular flexibility index (Phi) is 5.70. The second-order valence-electron chi connectivity index (χ2n) is 7.93. The third kappa shape index (κ3) is 4.33. The number of H-pyrrole nitrogens is 1. The van der Waals surface area contributed by atoms with Crippen LogP contribution in [0.4, 0.5) is 10.6 Å². The maximum atomic E-state index is 11.6. The molecule has 1 aliphatic carbocycles. The van der Waals surface area contributed by atoms with E-state index in [1.807, 2.05) is 78.9 Å². The molecule has 0 spiro atoms. The lowest BCUT2D eigenvalue weighted by molar-refractivity contribution is 0.245.